The third-order valence-electron chi connectivity index (χ3n) is 3.27. The fraction of sp³-hybridized carbons (Fsp3) is 0.429. The van der Waals surface area contributed by atoms with Crippen LogP contribution in [0.4, 0.5) is 0 Å². The fourth-order valence-electron chi connectivity index (χ4n) is 1.91. The first kappa shape index (κ1) is 19.1. The van der Waals surface area contributed by atoms with E-state index in [1.54, 1.807) is 0 Å². The van der Waals surface area contributed by atoms with Crippen LogP contribution in [0.15, 0.2) is 60.7 Å². The van der Waals surface area contributed by atoms with E-state index in [0.717, 1.165) is 37.6 Å². The summed E-state index contributed by atoms with van der Waals surface area (Å²) in [5.41, 5.74) is 0. The lowest BCUT2D eigenvalue weighted by atomic mass is 10.3. The van der Waals surface area contributed by atoms with Gasteiger partial charge in [-0.15, -0.1) is 0 Å². The summed E-state index contributed by atoms with van der Waals surface area (Å²) in [6.45, 7) is 6.04. The first-order valence-corrected chi connectivity index (χ1v) is 8.72. The van der Waals surface area contributed by atoms with Gasteiger partial charge in [0.25, 0.3) is 0 Å². The molecule has 0 bridgehead atoms. The van der Waals surface area contributed by atoms with Crippen molar-refractivity contribution in [2.24, 2.45) is 0 Å². The first-order valence-electron chi connectivity index (χ1n) is 8.72. The Morgan fingerprint density at radius 3 is 1.43 bits per heavy atom. The van der Waals surface area contributed by atoms with Crippen LogP contribution in [0, 0.1) is 0 Å². The van der Waals surface area contributed by atoms with Crippen molar-refractivity contribution in [2.45, 2.75) is 46.0 Å². The molecule has 0 aliphatic rings. The van der Waals surface area contributed by atoms with Gasteiger partial charge in [-0.1, -0.05) is 69.5 Å². The quantitative estimate of drug-likeness (QED) is 0.519. The molecule has 0 unspecified atom stereocenters. The molecule has 0 saturated carbocycles. The van der Waals surface area contributed by atoms with Crippen LogP contribution in [0.1, 0.15) is 46.0 Å². The fourth-order valence-corrected chi connectivity index (χ4v) is 1.91. The Morgan fingerprint density at radius 2 is 1.00 bits per heavy atom. The lowest BCUT2D eigenvalue weighted by Gasteiger charge is -2.04. The molecule has 0 heterocycles. The van der Waals surface area contributed by atoms with Gasteiger partial charge >= 0.3 is 0 Å². The minimum absolute atomic E-state index is 0.834. The van der Waals surface area contributed by atoms with Gasteiger partial charge < -0.3 is 9.47 Å². The lowest BCUT2D eigenvalue weighted by molar-refractivity contribution is 0.306. The van der Waals surface area contributed by atoms with Crippen molar-refractivity contribution < 1.29 is 9.47 Å². The summed E-state index contributed by atoms with van der Waals surface area (Å²) < 4.78 is 11.0. The van der Waals surface area contributed by atoms with Crippen molar-refractivity contribution in [3.05, 3.63) is 60.7 Å². The van der Waals surface area contributed by atoms with Crippen LogP contribution < -0.4 is 9.47 Å². The zero-order valence-electron chi connectivity index (χ0n) is 14.5. The molecule has 0 aliphatic heterocycles. The lowest BCUT2D eigenvalue weighted by Crippen LogP contribution is -1.96. The van der Waals surface area contributed by atoms with Crippen LogP contribution in [-0.2, 0) is 0 Å². The van der Waals surface area contributed by atoms with Gasteiger partial charge in [-0.05, 0) is 37.1 Å². The van der Waals surface area contributed by atoms with Gasteiger partial charge in [0.15, 0.2) is 0 Å². The predicted molar refractivity (Wildman–Crippen MR) is 98.3 cm³/mol. The van der Waals surface area contributed by atoms with E-state index in [1.165, 1.54) is 19.3 Å². The third-order valence-corrected chi connectivity index (χ3v) is 3.27. The molecule has 0 atom stereocenters. The van der Waals surface area contributed by atoms with Crippen molar-refractivity contribution in [1.82, 2.24) is 0 Å². The number of hydrogen-bond donors (Lipinski definition) is 0. The second-order valence-corrected chi connectivity index (χ2v) is 5.38. The number of rotatable bonds is 9. The minimum Gasteiger partial charge on any atom is -0.494 e. The molecule has 126 valence electrons. The molecule has 0 fully saturated rings. The van der Waals surface area contributed by atoms with Crippen LogP contribution in [0.3, 0.4) is 0 Å². The zero-order chi connectivity index (χ0) is 16.6. The SMILES string of the molecule is CCCCCOc1ccccc1.CCCCOc1ccccc1. The first-order chi connectivity index (χ1) is 11.4. The number of ether oxygens (including phenoxy) is 2. The summed E-state index contributed by atoms with van der Waals surface area (Å²) in [6.07, 6.45) is 5.98. The Kier molecular flexibility index (Phi) is 11.4. The normalized spacial score (nSPS) is 9.65. The molecule has 0 radical (unpaired) electrons. The molecule has 0 aliphatic carbocycles. The molecule has 0 N–H and O–H groups in total. The highest BCUT2D eigenvalue weighted by Gasteiger charge is 1.90. The molecule has 0 saturated heterocycles. The van der Waals surface area contributed by atoms with Crippen molar-refractivity contribution in [3.63, 3.8) is 0 Å². The summed E-state index contributed by atoms with van der Waals surface area (Å²) in [5.74, 6) is 1.95. The second-order valence-electron chi connectivity index (χ2n) is 5.38. The van der Waals surface area contributed by atoms with Crippen molar-refractivity contribution >= 4 is 0 Å². The summed E-state index contributed by atoms with van der Waals surface area (Å²) in [4.78, 5) is 0. The van der Waals surface area contributed by atoms with Crippen LogP contribution in [0.2, 0.25) is 0 Å². The molecule has 23 heavy (non-hydrogen) atoms. The maximum absolute atomic E-state index is 5.51. The molecule has 0 spiro atoms. The van der Waals surface area contributed by atoms with Crippen LogP contribution in [-0.4, -0.2) is 13.2 Å². The van der Waals surface area contributed by atoms with E-state index in [2.05, 4.69) is 13.8 Å². The van der Waals surface area contributed by atoms with Crippen molar-refractivity contribution in [1.29, 1.82) is 0 Å². The Labute approximate surface area is 141 Å². The molecule has 2 nitrogen and oxygen atoms in total. The van der Waals surface area contributed by atoms with Gasteiger partial charge in [0, 0.05) is 0 Å². The van der Waals surface area contributed by atoms with E-state index in [-0.39, 0.29) is 0 Å². The summed E-state index contributed by atoms with van der Waals surface area (Å²) in [7, 11) is 0. The van der Waals surface area contributed by atoms with Gasteiger partial charge in [0.2, 0.25) is 0 Å². The van der Waals surface area contributed by atoms with Gasteiger partial charge in [-0.3, -0.25) is 0 Å². The molecular weight excluding hydrogens is 284 g/mol. The van der Waals surface area contributed by atoms with E-state index in [0.29, 0.717) is 0 Å². The Hall–Kier alpha value is -1.96. The molecule has 2 heteroatoms. The van der Waals surface area contributed by atoms with Crippen LogP contribution in [0.25, 0.3) is 0 Å². The number of unbranched alkanes of at least 4 members (excludes halogenated alkanes) is 3. The molecule has 2 aromatic rings. The molecule has 0 aromatic heterocycles. The number of benzene rings is 2. The molecule has 2 aromatic carbocycles. The highest BCUT2D eigenvalue weighted by Crippen LogP contribution is 2.09. The second kappa shape index (κ2) is 13.7. The topological polar surface area (TPSA) is 18.5 Å². The van der Waals surface area contributed by atoms with E-state index in [9.17, 15) is 0 Å². The van der Waals surface area contributed by atoms with E-state index in [4.69, 9.17) is 9.47 Å². The minimum atomic E-state index is 0.834. The number of para-hydroxylation sites is 2. The van der Waals surface area contributed by atoms with Crippen LogP contribution >= 0.6 is 0 Å². The standard InChI is InChI=1S/C11H16O.C10H14O/c1-2-3-7-10-12-11-8-5-4-6-9-11;1-2-3-9-11-10-7-5-4-6-8-10/h4-6,8-9H,2-3,7,10H2,1H3;4-8H,2-3,9H2,1H3. The van der Waals surface area contributed by atoms with E-state index in [1.807, 2.05) is 60.7 Å². The Bertz CT molecular complexity index is 468. The van der Waals surface area contributed by atoms with Gasteiger partial charge in [0.05, 0.1) is 13.2 Å². The highest BCUT2D eigenvalue weighted by atomic mass is 16.5. The number of hydrogen-bond acceptors (Lipinski definition) is 2. The maximum Gasteiger partial charge on any atom is 0.119 e. The maximum atomic E-state index is 5.51. The summed E-state index contributed by atoms with van der Waals surface area (Å²) in [6, 6.07) is 19.9. The van der Waals surface area contributed by atoms with Gasteiger partial charge in [-0.2, -0.15) is 0 Å². The molecule has 2 rings (SSSR count). The van der Waals surface area contributed by atoms with Crippen molar-refractivity contribution in [2.75, 3.05) is 13.2 Å². The largest absolute Gasteiger partial charge is 0.494 e. The summed E-state index contributed by atoms with van der Waals surface area (Å²) >= 11 is 0. The summed E-state index contributed by atoms with van der Waals surface area (Å²) in [5, 5.41) is 0. The van der Waals surface area contributed by atoms with Gasteiger partial charge in [0.1, 0.15) is 11.5 Å². The van der Waals surface area contributed by atoms with Crippen LogP contribution in [0.5, 0.6) is 11.5 Å². The Morgan fingerprint density at radius 1 is 0.565 bits per heavy atom. The van der Waals surface area contributed by atoms with E-state index >= 15 is 0 Å². The molecular formula is C21H30O2. The molecule has 0 amide bonds. The average Bonchev–Trinajstić information content (AvgIpc) is 2.61. The smallest absolute Gasteiger partial charge is 0.119 e. The van der Waals surface area contributed by atoms with E-state index < -0.39 is 0 Å². The third kappa shape index (κ3) is 10.4. The monoisotopic (exact) mass is 314 g/mol. The Balaban J connectivity index is 0.000000231. The zero-order valence-corrected chi connectivity index (χ0v) is 14.5. The van der Waals surface area contributed by atoms with Gasteiger partial charge in [-0.25, -0.2) is 0 Å². The predicted octanol–water partition coefficient (Wildman–Crippen LogP) is 6.12. The average molecular weight is 314 g/mol. The van der Waals surface area contributed by atoms with Crippen molar-refractivity contribution in [3.8, 4) is 11.5 Å². The highest BCUT2D eigenvalue weighted by molar-refractivity contribution is 5.21.